The molecule has 0 saturated carbocycles. The molecule has 1 rings (SSSR count). The summed E-state index contributed by atoms with van der Waals surface area (Å²) in [7, 11) is 0. The van der Waals surface area contributed by atoms with Gasteiger partial charge in [-0.15, -0.1) is 0 Å². The maximum atomic E-state index is 13.6. The van der Waals surface area contributed by atoms with E-state index in [1.165, 1.54) is 12.1 Å². The number of carbonyl (C=O) groups is 1. The van der Waals surface area contributed by atoms with Gasteiger partial charge in [0, 0.05) is 30.4 Å². The molecule has 0 aromatic heterocycles. The predicted octanol–water partition coefficient (Wildman–Crippen LogP) is 3.67. The topological polar surface area (TPSA) is 67.6 Å². The Morgan fingerprint density at radius 2 is 1.96 bits per heavy atom. The van der Waals surface area contributed by atoms with Gasteiger partial charge in [-0.1, -0.05) is 6.07 Å². The number of nitrogens with two attached hydrogens (primary N) is 1. The number of nitrogens with one attached hydrogen (secondary N) is 1. The van der Waals surface area contributed by atoms with E-state index in [-0.39, 0.29) is 11.9 Å². The Balaban J connectivity index is 2.85. The molecule has 142 valence electrons. The van der Waals surface area contributed by atoms with E-state index in [4.69, 9.17) is 10.5 Å². The minimum Gasteiger partial charge on any atom is -0.444 e. The van der Waals surface area contributed by atoms with Crippen molar-refractivity contribution in [3.63, 3.8) is 0 Å². The number of likely N-dealkylation sites (N-methyl/N-ethyl adjacent to an activating group) is 1. The second kappa shape index (κ2) is 8.52. The number of carbonyl (C=O) groups excluding carboxylic acids is 1. The normalized spacial score (nSPS) is 13.3. The number of halogens is 1. The molecule has 1 atom stereocenters. The maximum Gasteiger partial charge on any atom is 0.408 e. The number of nitrogens with zero attached hydrogens (tertiary/aromatic N) is 1. The molecule has 1 aromatic rings. The predicted molar refractivity (Wildman–Crippen MR) is 100 cm³/mol. The second-order valence-electron chi connectivity index (χ2n) is 7.87. The van der Waals surface area contributed by atoms with Gasteiger partial charge in [0.05, 0.1) is 0 Å². The van der Waals surface area contributed by atoms with Crippen LogP contribution in [-0.2, 0) is 4.74 Å². The van der Waals surface area contributed by atoms with Gasteiger partial charge in [-0.2, -0.15) is 0 Å². The van der Waals surface area contributed by atoms with E-state index in [1.807, 2.05) is 47.6 Å². The van der Waals surface area contributed by atoms with Gasteiger partial charge >= 0.3 is 6.09 Å². The van der Waals surface area contributed by atoms with Crippen molar-refractivity contribution >= 4 is 11.8 Å². The number of ether oxygens (including phenoxy) is 1. The Morgan fingerprint density at radius 1 is 1.32 bits per heavy atom. The Kier molecular flexibility index (Phi) is 7.23. The molecule has 6 heteroatoms. The summed E-state index contributed by atoms with van der Waals surface area (Å²) < 4.78 is 18.9. The third-order valence-electron chi connectivity index (χ3n) is 3.78. The third kappa shape index (κ3) is 7.30. The highest BCUT2D eigenvalue weighted by atomic mass is 19.1. The van der Waals surface area contributed by atoms with Crippen molar-refractivity contribution in [1.29, 1.82) is 0 Å². The Morgan fingerprint density at radius 3 is 2.44 bits per heavy atom. The number of hydrogen-bond acceptors (Lipinski definition) is 4. The van der Waals surface area contributed by atoms with Crippen molar-refractivity contribution in [2.45, 2.75) is 65.1 Å². The van der Waals surface area contributed by atoms with E-state index in [0.717, 1.165) is 5.69 Å². The zero-order valence-corrected chi connectivity index (χ0v) is 16.2. The quantitative estimate of drug-likeness (QED) is 0.785. The SMILES string of the molecule is CCN(c1cccc(F)c1)C(CN)CC(C)(C)NC(=O)OC(C)(C)C. The van der Waals surface area contributed by atoms with Gasteiger partial charge in [0.25, 0.3) is 0 Å². The van der Waals surface area contributed by atoms with Gasteiger partial charge in [-0.3, -0.25) is 0 Å². The summed E-state index contributed by atoms with van der Waals surface area (Å²) in [5.74, 6) is -0.280. The summed E-state index contributed by atoms with van der Waals surface area (Å²) in [4.78, 5) is 14.1. The molecule has 0 bridgehead atoms. The molecule has 1 unspecified atom stereocenters. The fraction of sp³-hybridized carbons (Fsp3) is 0.632. The molecule has 0 radical (unpaired) electrons. The van der Waals surface area contributed by atoms with E-state index in [9.17, 15) is 9.18 Å². The monoisotopic (exact) mass is 353 g/mol. The number of anilines is 1. The van der Waals surface area contributed by atoms with E-state index in [1.54, 1.807) is 6.07 Å². The van der Waals surface area contributed by atoms with Crippen LogP contribution in [0.2, 0.25) is 0 Å². The van der Waals surface area contributed by atoms with Gasteiger partial charge < -0.3 is 20.7 Å². The van der Waals surface area contributed by atoms with Crippen LogP contribution in [0.25, 0.3) is 0 Å². The molecular weight excluding hydrogens is 321 g/mol. The second-order valence-corrected chi connectivity index (χ2v) is 7.87. The molecular formula is C19H32FN3O2. The highest BCUT2D eigenvalue weighted by Crippen LogP contribution is 2.23. The van der Waals surface area contributed by atoms with Gasteiger partial charge in [-0.05, 0) is 66.2 Å². The summed E-state index contributed by atoms with van der Waals surface area (Å²) in [5, 5.41) is 2.90. The minimum absolute atomic E-state index is 0.0447. The standard InChI is InChI=1S/C19H32FN3O2/c1-7-23(15-10-8-9-14(20)11-15)16(13-21)12-19(5,6)22-17(24)25-18(2,3)4/h8-11,16H,7,12-13,21H2,1-6H3,(H,22,24). The van der Waals surface area contributed by atoms with Crippen molar-refractivity contribution in [1.82, 2.24) is 5.32 Å². The molecule has 5 nitrogen and oxygen atoms in total. The molecule has 3 N–H and O–H groups in total. The first-order valence-electron chi connectivity index (χ1n) is 8.71. The van der Waals surface area contributed by atoms with Gasteiger partial charge in [-0.25, -0.2) is 9.18 Å². The van der Waals surface area contributed by atoms with Crippen molar-refractivity contribution in [3.05, 3.63) is 30.1 Å². The van der Waals surface area contributed by atoms with Crippen LogP contribution < -0.4 is 16.0 Å². The van der Waals surface area contributed by atoms with Crippen LogP contribution in [0.4, 0.5) is 14.9 Å². The third-order valence-corrected chi connectivity index (χ3v) is 3.78. The molecule has 0 heterocycles. The van der Waals surface area contributed by atoms with Crippen LogP contribution in [0.3, 0.4) is 0 Å². The van der Waals surface area contributed by atoms with E-state index >= 15 is 0 Å². The molecule has 0 spiro atoms. The number of hydrogen-bond donors (Lipinski definition) is 2. The lowest BCUT2D eigenvalue weighted by molar-refractivity contribution is 0.0464. The lowest BCUT2D eigenvalue weighted by atomic mass is 9.94. The van der Waals surface area contributed by atoms with Crippen LogP contribution in [-0.4, -0.2) is 36.4 Å². The van der Waals surface area contributed by atoms with Crippen LogP contribution in [0, 0.1) is 5.82 Å². The average molecular weight is 353 g/mol. The smallest absolute Gasteiger partial charge is 0.408 e. The molecule has 0 aliphatic carbocycles. The van der Waals surface area contributed by atoms with Crippen LogP contribution in [0.1, 0.15) is 48.0 Å². The van der Waals surface area contributed by atoms with Crippen LogP contribution >= 0.6 is 0 Å². The number of rotatable bonds is 7. The first kappa shape index (κ1) is 21.2. The number of alkyl carbamates (subject to hydrolysis) is 1. The number of amides is 1. The molecule has 1 amide bonds. The lowest BCUT2D eigenvalue weighted by Gasteiger charge is -2.38. The molecule has 0 saturated heterocycles. The molecule has 0 aliphatic heterocycles. The van der Waals surface area contributed by atoms with Crippen molar-refractivity contribution in [2.24, 2.45) is 5.73 Å². The maximum absolute atomic E-state index is 13.6. The Labute approximate surface area is 150 Å². The first-order chi connectivity index (χ1) is 11.5. The highest BCUT2D eigenvalue weighted by Gasteiger charge is 2.29. The van der Waals surface area contributed by atoms with E-state index in [0.29, 0.717) is 19.5 Å². The summed E-state index contributed by atoms with van der Waals surface area (Å²) in [6.07, 6.45) is 0.148. The lowest BCUT2D eigenvalue weighted by Crippen LogP contribution is -2.52. The molecule has 1 aromatic carbocycles. The fourth-order valence-corrected chi connectivity index (χ4v) is 2.85. The minimum atomic E-state index is -0.551. The zero-order valence-electron chi connectivity index (χ0n) is 16.2. The summed E-state index contributed by atoms with van der Waals surface area (Å²) in [6, 6.07) is 6.43. The largest absolute Gasteiger partial charge is 0.444 e. The van der Waals surface area contributed by atoms with Crippen molar-refractivity contribution in [3.8, 4) is 0 Å². The summed E-state index contributed by atoms with van der Waals surface area (Å²) in [6.45, 7) is 12.4. The molecule has 0 aliphatic rings. The summed E-state index contributed by atoms with van der Waals surface area (Å²) in [5.41, 5.74) is 5.70. The average Bonchev–Trinajstić information content (AvgIpc) is 2.44. The van der Waals surface area contributed by atoms with Gasteiger partial charge in [0.15, 0.2) is 0 Å². The van der Waals surface area contributed by atoms with Crippen LogP contribution in [0.5, 0.6) is 0 Å². The summed E-state index contributed by atoms with van der Waals surface area (Å²) >= 11 is 0. The first-order valence-corrected chi connectivity index (χ1v) is 8.71. The fourth-order valence-electron chi connectivity index (χ4n) is 2.85. The molecule has 0 fully saturated rings. The van der Waals surface area contributed by atoms with Crippen molar-refractivity contribution < 1.29 is 13.9 Å². The highest BCUT2D eigenvalue weighted by molar-refractivity contribution is 5.68. The zero-order chi connectivity index (χ0) is 19.3. The number of benzene rings is 1. The van der Waals surface area contributed by atoms with Gasteiger partial charge in [0.2, 0.25) is 0 Å². The Hall–Kier alpha value is -1.82. The van der Waals surface area contributed by atoms with Crippen molar-refractivity contribution in [2.75, 3.05) is 18.0 Å². The van der Waals surface area contributed by atoms with Crippen LogP contribution in [0.15, 0.2) is 24.3 Å². The molecule has 25 heavy (non-hydrogen) atoms. The van der Waals surface area contributed by atoms with E-state index < -0.39 is 17.2 Å². The Bertz CT molecular complexity index is 570. The van der Waals surface area contributed by atoms with Gasteiger partial charge in [0.1, 0.15) is 11.4 Å². The van der Waals surface area contributed by atoms with E-state index in [2.05, 4.69) is 10.2 Å².